The van der Waals surface area contributed by atoms with Crippen LogP contribution in [0.15, 0.2) is 24.8 Å². The number of anilines is 1. The van der Waals surface area contributed by atoms with Crippen LogP contribution in [-0.2, 0) is 0 Å². The molecule has 2 rings (SSSR count). The first-order valence-corrected chi connectivity index (χ1v) is 4.65. The van der Waals surface area contributed by atoms with Gasteiger partial charge in [-0.1, -0.05) is 12.2 Å². The molecule has 0 aromatic carbocycles. The number of hydrogen-bond acceptors (Lipinski definition) is 5. The maximum atomic E-state index is 5.33. The molecule has 2 aromatic rings. The highest BCUT2D eigenvalue weighted by Gasteiger charge is 2.03. The van der Waals surface area contributed by atoms with Gasteiger partial charge < -0.3 is 16.0 Å². The summed E-state index contributed by atoms with van der Waals surface area (Å²) in [5.41, 5.74) is 6.81. The molecule has 0 spiro atoms. The minimum atomic E-state index is 0.547. The molecule has 2 aromatic heterocycles. The average Bonchev–Trinajstić information content (AvgIpc) is 2.73. The Morgan fingerprint density at radius 3 is 3.13 bits per heavy atom. The average molecular weight is 204 g/mol. The van der Waals surface area contributed by atoms with E-state index < -0.39 is 0 Å². The van der Waals surface area contributed by atoms with E-state index in [0.717, 1.165) is 11.3 Å². The number of aromatic amines is 1. The molecule has 6 heteroatoms. The third-order valence-corrected chi connectivity index (χ3v) is 1.91. The number of hydrogen-bond donors (Lipinski definition) is 3. The van der Waals surface area contributed by atoms with Crippen LogP contribution in [0.2, 0.25) is 0 Å². The van der Waals surface area contributed by atoms with Crippen molar-refractivity contribution in [3.63, 3.8) is 0 Å². The molecule has 0 amide bonds. The molecule has 0 saturated carbocycles. The normalized spacial score (nSPS) is 11.3. The van der Waals surface area contributed by atoms with Crippen molar-refractivity contribution in [2.24, 2.45) is 5.73 Å². The smallest absolute Gasteiger partial charge is 0.182 e. The van der Waals surface area contributed by atoms with Crippen molar-refractivity contribution < 1.29 is 0 Å². The Balaban J connectivity index is 2.13. The number of nitrogens with one attached hydrogen (secondary N) is 2. The van der Waals surface area contributed by atoms with Gasteiger partial charge in [0.2, 0.25) is 0 Å². The van der Waals surface area contributed by atoms with E-state index in [-0.39, 0.29) is 0 Å². The summed E-state index contributed by atoms with van der Waals surface area (Å²) >= 11 is 0. The quantitative estimate of drug-likeness (QED) is 0.622. The summed E-state index contributed by atoms with van der Waals surface area (Å²) in [6.07, 6.45) is 6.92. The molecule has 0 aliphatic carbocycles. The zero-order valence-corrected chi connectivity index (χ0v) is 8.14. The topological polar surface area (TPSA) is 92.5 Å². The Morgan fingerprint density at radius 1 is 1.33 bits per heavy atom. The van der Waals surface area contributed by atoms with Crippen LogP contribution in [-0.4, -0.2) is 33.0 Å². The van der Waals surface area contributed by atoms with Gasteiger partial charge in [0.15, 0.2) is 11.5 Å². The minimum Gasteiger partial charge on any atom is -0.365 e. The monoisotopic (exact) mass is 204 g/mol. The molecule has 0 fully saturated rings. The van der Waals surface area contributed by atoms with Gasteiger partial charge in [-0.05, 0) is 0 Å². The lowest BCUT2D eigenvalue weighted by Crippen LogP contribution is -2.03. The molecule has 78 valence electrons. The molecule has 0 bridgehead atoms. The number of aromatic nitrogens is 4. The Morgan fingerprint density at radius 2 is 2.27 bits per heavy atom. The number of rotatable bonds is 4. The van der Waals surface area contributed by atoms with Crippen LogP contribution in [0.5, 0.6) is 0 Å². The molecule has 0 saturated heterocycles. The van der Waals surface area contributed by atoms with E-state index in [4.69, 9.17) is 5.73 Å². The van der Waals surface area contributed by atoms with Gasteiger partial charge in [-0.2, -0.15) is 0 Å². The molecule has 4 N–H and O–H groups in total. The van der Waals surface area contributed by atoms with E-state index in [1.165, 1.54) is 6.33 Å². The van der Waals surface area contributed by atoms with Gasteiger partial charge in [0.25, 0.3) is 0 Å². The first kappa shape index (κ1) is 9.60. The maximum absolute atomic E-state index is 5.33. The van der Waals surface area contributed by atoms with Crippen molar-refractivity contribution in [1.29, 1.82) is 0 Å². The fourth-order valence-corrected chi connectivity index (χ4v) is 1.23. The SMILES string of the molecule is NCC=CCNc1ncnc2nc[nH]c12. The van der Waals surface area contributed by atoms with Crippen LogP contribution < -0.4 is 11.1 Å². The van der Waals surface area contributed by atoms with Gasteiger partial charge in [0.1, 0.15) is 11.8 Å². The number of H-pyrrole nitrogens is 1. The molecule has 0 radical (unpaired) electrons. The van der Waals surface area contributed by atoms with Gasteiger partial charge in [-0.25, -0.2) is 15.0 Å². The highest BCUT2D eigenvalue weighted by molar-refractivity contribution is 5.81. The predicted molar refractivity (Wildman–Crippen MR) is 58.4 cm³/mol. The Kier molecular flexibility index (Phi) is 2.89. The first-order valence-electron chi connectivity index (χ1n) is 4.65. The number of nitrogens with two attached hydrogens (primary N) is 1. The third-order valence-electron chi connectivity index (χ3n) is 1.91. The molecule has 0 aliphatic rings. The highest BCUT2D eigenvalue weighted by Crippen LogP contribution is 2.13. The second-order valence-corrected chi connectivity index (χ2v) is 2.91. The fraction of sp³-hybridized carbons (Fsp3) is 0.222. The van der Waals surface area contributed by atoms with E-state index in [2.05, 4.69) is 25.3 Å². The van der Waals surface area contributed by atoms with Crippen molar-refractivity contribution in [3.8, 4) is 0 Å². The van der Waals surface area contributed by atoms with Gasteiger partial charge in [0, 0.05) is 13.1 Å². The van der Waals surface area contributed by atoms with E-state index in [1.54, 1.807) is 6.33 Å². The summed E-state index contributed by atoms with van der Waals surface area (Å²) in [6, 6.07) is 0. The summed E-state index contributed by atoms with van der Waals surface area (Å²) in [6.45, 7) is 1.23. The van der Waals surface area contributed by atoms with Crippen molar-refractivity contribution in [2.45, 2.75) is 0 Å². The standard InChI is InChI=1S/C9H12N6/c10-3-1-2-4-11-8-7-9(13-5-12-7)15-6-14-8/h1-2,5-6H,3-4,10H2,(H2,11,12,13,14,15). The number of fused-ring (bicyclic) bond motifs is 1. The van der Waals surface area contributed by atoms with Crippen molar-refractivity contribution in [2.75, 3.05) is 18.4 Å². The van der Waals surface area contributed by atoms with Crippen LogP contribution in [0.25, 0.3) is 11.2 Å². The number of imidazole rings is 1. The molecule has 2 heterocycles. The third kappa shape index (κ3) is 2.10. The lowest BCUT2D eigenvalue weighted by atomic mass is 10.4. The van der Waals surface area contributed by atoms with Gasteiger partial charge in [0.05, 0.1) is 6.33 Å². The Hall–Kier alpha value is -1.95. The van der Waals surface area contributed by atoms with Crippen molar-refractivity contribution >= 4 is 17.0 Å². The van der Waals surface area contributed by atoms with E-state index in [9.17, 15) is 0 Å². The first-order chi connectivity index (χ1) is 7.42. The van der Waals surface area contributed by atoms with Crippen LogP contribution in [0, 0.1) is 0 Å². The van der Waals surface area contributed by atoms with Crippen molar-refractivity contribution in [1.82, 2.24) is 19.9 Å². The second kappa shape index (κ2) is 4.52. The highest BCUT2D eigenvalue weighted by atomic mass is 15.1. The second-order valence-electron chi connectivity index (χ2n) is 2.91. The summed E-state index contributed by atoms with van der Waals surface area (Å²) in [7, 11) is 0. The summed E-state index contributed by atoms with van der Waals surface area (Å²) in [4.78, 5) is 15.2. The molecule has 6 nitrogen and oxygen atoms in total. The molecule has 0 aliphatic heterocycles. The van der Waals surface area contributed by atoms with Crippen LogP contribution in [0.4, 0.5) is 5.82 Å². The Labute approximate surface area is 86.6 Å². The Bertz CT molecular complexity index is 460. The van der Waals surface area contributed by atoms with E-state index >= 15 is 0 Å². The molecule has 15 heavy (non-hydrogen) atoms. The van der Waals surface area contributed by atoms with Gasteiger partial charge in [-0.3, -0.25) is 0 Å². The minimum absolute atomic E-state index is 0.547. The maximum Gasteiger partial charge on any atom is 0.182 e. The van der Waals surface area contributed by atoms with Gasteiger partial charge >= 0.3 is 0 Å². The fourth-order valence-electron chi connectivity index (χ4n) is 1.23. The number of nitrogens with zero attached hydrogens (tertiary/aromatic N) is 3. The molecule has 0 unspecified atom stereocenters. The molecule has 0 atom stereocenters. The summed E-state index contributed by atoms with van der Waals surface area (Å²) < 4.78 is 0. The lowest BCUT2D eigenvalue weighted by Gasteiger charge is -2.01. The van der Waals surface area contributed by atoms with Crippen LogP contribution >= 0.6 is 0 Å². The zero-order valence-electron chi connectivity index (χ0n) is 8.14. The van der Waals surface area contributed by atoms with Gasteiger partial charge in [-0.15, -0.1) is 0 Å². The van der Waals surface area contributed by atoms with Crippen molar-refractivity contribution in [3.05, 3.63) is 24.8 Å². The zero-order chi connectivity index (χ0) is 10.5. The van der Waals surface area contributed by atoms with Crippen LogP contribution in [0.3, 0.4) is 0 Å². The largest absolute Gasteiger partial charge is 0.365 e. The molecular formula is C9H12N6. The van der Waals surface area contributed by atoms with E-state index in [0.29, 0.717) is 18.7 Å². The molecular weight excluding hydrogens is 192 g/mol. The summed E-state index contributed by atoms with van der Waals surface area (Å²) in [5.74, 6) is 0.749. The van der Waals surface area contributed by atoms with E-state index in [1.807, 2.05) is 12.2 Å². The predicted octanol–water partition coefficient (Wildman–Crippen LogP) is 0.280. The lowest BCUT2D eigenvalue weighted by molar-refractivity contribution is 1.16. The summed E-state index contributed by atoms with van der Waals surface area (Å²) in [5, 5.41) is 3.14. The van der Waals surface area contributed by atoms with Crippen LogP contribution in [0.1, 0.15) is 0 Å².